The van der Waals surface area contributed by atoms with Crippen molar-refractivity contribution in [1.29, 1.82) is 0 Å². The summed E-state index contributed by atoms with van der Waals surface area (Å²) in [5.74, 6) is 1.72. The third kappa shape index (κ3) is 1.27. The van der Waals surface area contributed by atoms with E-state index in [0.717, 1.165) is 11.8 Å². The average Bonchev–Trinajstić information content (AvgIpc) is 2.63. The van der Waals surface area contributed by atoms with Crippen LogP contribution < -0.4 is 5.32 Å². The first-order chi connectivity index (χ1) is 7.76. The second-order valence-corrected chi connectivity index (χ2v) is 5.66. The van der Waals surface area contributed by atoms with E-state index in [1.54, 1.807) is 11.1 Å². The molecule has 1 aromatic rings. The fourth-order valence-corrected chi connectivity index (χ4v) is 3.96. The zero-order valence-electron chi connectivity index (χ0n) is 10.3. The molecule has 1 N–H and O–H groups in total. The molecule has 1 heteroatoms. The van der Waals surface area contributed by atoms with E-state index in [0.29, 0.717) is 5.54 Å². The molecule has 1 nitrogen and oxygen atoms in total. The van der Waals surface area contributed by atoms with Crippen molar-refractivity contribution < 1.29 is 0 Å². The van der Waals surface area contributed by atoms with Crippen LogP contribution in [0.5, 0.6) is 0 Å². The molecule has 3 atom stereocenters. The van der Waals surface area contributed by atoms with E-state index in [1.165, 1.54) is 25.7 Å². The van der Waals surface area contributed by atoms with E-state index in [4.69, 9.17) is 0 Å². The van der Waals surface area contributed by atoms with E-state index in [9.17, 15) is 0 Å². The minimum absolute atomic E-state index is 0.295. The van der Waals surface area contributed by atoms with Gasteiger partial charge in [0.1, 0.15) is 0 Å². The highest BCUT2D eigenvalue weighted by molar-refractivity contribution is 5.40. The molecule has 2 aliphatic rings. The van der Waals surface area contributed by atoms with Crippen LogP contribution in [-0.2, 0) is 12.0 Å². The van der Waals surface area contributed by atoms with Gasteiger partial charge in [-0.25, -0.2) is 0 Å². The number of hydrogen-bond donors (Lipinski definition) is 1. The van der Waals surface area contributed by atoms with Crippen LogP contribution in [-0.4, -0.2) is 7.05 Å². The van der Waals surface area contributed by atoms with Gasteiger partial charge in [0, 0.05) is 5.54 Å². The van der Waals surface area contributed by atoms with Crippen LogP contribution in [0.25, 0.3) is 0 Å². The molecule has 0 aliphatic heterocycles. The van der Waals surface area contributed by atoms with Crippen molar-refractivity contribution in [1.82, 2.24) is 5.32 Å². The van der Waals surface area contributed by atoms with Crippen molar-refractivity contribution in [3.05, 3.63) is 35.4 Å². The predicted molar refractivity (Wildman–Crippen MR) is 67.4 cm³/mol. The van der Waals surface area contributed by atoms with Crippen molar-refractivity contribution in [3.63, 3.8) is 0 Å². The van der Waals surface area contributed by atoms with Crippen LogP contribution in [0.4, 0.5) is 0 Å². The summed E-state index contributed by atoms with van der Waals surface area (Å²) >= 11 is 0. The van der Waals surface area contributed by atoms with E-state index >= 15 is 0 Å². The topological polar surface area (TPSA) is 12.0 Å². The molecular formula is C15H21N. The quantitative estimate of drug-likeness (QED) is 0.759. The summed E-state index contributed by atoms with van der Waals surface area (Å²) in [6.45, 7) is 2.41. The lowest BCUT2D eigenvalue weighted by molar-refractivity contribution is 0.135. The molecule has 16 heavy (non-hydrogen) atoms. The predicted octanol–water partition coefficient (Wildman–Crippen LogP) is 3.09. The SMILES string of the molecule is CN[C@]12CC[C@@H](C)C[C@@H]1Cc1ccccc12. The zero-order chi connectivity index (χ0) is 11.2. The maximum absolute atomic E-state index is 3.66. The lowest BCUT2D eigenvalue weighted by Crippen LogP contribution is -2.47. The van der Waals surface area contributed by atoms with Crippen LogP contribution in [0, 0.1) is 11.8 Å². The molecule has 0 heterocycles. The molecule has 0 bridgehead atoms. The van der Waals surface area contributed by atoms with Crippen molar-refractivity contribution in [2.45, 2.75) is 38.1 Å². The Morgan fingerprint density at radius 1 is 1.31 bits per heavy atom. The summed E-state index contributed by atoms with van der Waals surface area (Å²) < 4.78 is 0. The van der Waals surface area contributed by atoms with E-state index < -0.39 is 0 Å². The fourth-order valence-electron chi connectivity index (χ4n) is 3.96. The number of rotatable bonds is 1. The first-order valence-electron chi connectivity index (χ1n) is 6.53. The summed E-state index contributed by atoms with van der Waals surface area (Å²) in [7, 11) is 2.14. The summed E-state index contributed by atoms with van der Waals surface area (Å²) in [4.78, 5) is 0. The Labute approximate surface area is 98.3 Å². The van der Waals surface area contributed by atoms with Crippen LogP contribution in [0.2, 0.25) is 0 Å². The first kappa shape index (κ1) is 10.3. The molecular weight excluding hydrogens is 194 g/mol. The van der Waals surface area contributed by atoms with E-state index in [2.05, 4.69) is 43.6 Å². The van der Waals surface area contributed by atoms with Gasteiger partial charge < -0.3 is 5.32 Å². The van der Waals surface area contributed by atoms with Crippen LogP contribution in [0.3, 0.4) is 0 Å². The smallest absolute Gasteiger partial charge is 0.0466 e. The normalized spacial score (nSPS) is 36.9. The highest BCUT2D eigenvalue weighted by atomic mass is 15.0. The molecule has 0 saturated heterocycles. The van der Waals surface area contributed by atoms with Crippen LogP contribution in [0.1, 0.15) is 37.3 Å². The summed E-state index contributed by atoms with van der Waals surface area (Å²) in [5, 5.41) is 3.66. The highest BCUT2D eigenvalue weighted by Crippen LogP contribution is 2.50. The molecule has 1 saturated carbocycles. The maximum atomic E-state index is 3.66. The summed E-state index contributed by atoms with van der Waals surface area (Å²) in [5.41, 5.74) is 3.45. The third-order valence-corrected chi connectivity index (χ3v) is 4.83. The molecule has 0 amide bonds. The largest absolute Gasteiger partial charge is 0.310 e. The van der Waals surface area contributed by atoms with Crippen molar-refractivity contribution >= 4 is 0 Å². The van der Waals surface area contributed by atoms with Gasteiger partial charge in [0.15, 0.2) is 0 Å². The van der Waals surface area contributed by atoms with E-state index in [-0.39, 0.29) is 0 Å². The van der Waals surface area contributed by atoms with Gasteiger partial charge in [0.2, 0.25) is 0 Å². The van der Waals surface area contributed by atoms with Crippen molar-refractivity contribution in [2.24, 2.45) is 11.8 Å². The first-order valence-corrected chi connectivity index (χ1v) is 6.53. The van der Waals surface area contributed by atoms with Crippen molar-refractivity contribution in [2.75, 3.05) is 7.05 Å². The second-order valence-electron chi connectivity index (χ2n) is 5.66. The van der Waals surface area contributed by atoms with Gasteiger partial charge >= 0.3 is 0 Å². The van der Waals surface area contributed by atoms with Gasteiger partial charge in [-0.2, -0.15) is 0 Å². The summed E-state index contributed by atoms with van der Waals surface area (Å²) in [6, 6.07) is 9.03. The maximum Gasteiger partial charge on any atom is 0.0466 e. The number of nitrogens with one attached hydrogen (secondary N) is 1. The number of fused-ring (bicyclic) bond motifs is 3. The van der Waals surface area contributed by atoms with Gasteiger partial charge in [-0.3, -0.25) is 0 Å². The standard InChI is InChI=1S/C15H21N/c1-11-7-8-15(16-2)13(9-11)10-12-5-3-4-6-14(12)15/h3-6,11,13,16H,7-10H2,1-2H3/t11-,13-,15-/m1/s1. The molecule has 1 aromatic carbocycles. The molecule has 0 unspecified atom stereocenters. The van der Waals surface area contributed by atoms with Gasteiger partial charge in [0.25, 0.3) is 0 Å². The Morgan fingerprint density at radius 2 is 2.12 bits per heavy atom. The second kappa shape index (κ2) is 3.59. The minimum Gasteiger partial charge on any atom is -0.310 e. The zero-order valence-corrected chi connectivity index (χ0v) is 10.3. The Hall–Kier alpha value is -0.820. The minimum atomic E-state index is 0.295. The molecule has 0 radical (unpaired) electrons. The van der Waals surface area contributed by atoms with Gasteiger partial charge in [-0.1, -0.05) is 31.2 Å². The lowest BCUT2D eigenvalue weighted by Gasteiger charge is -2.42. The Balaban J connectivity index is 2.06. The van der Waals surface area contributed by atoms with Crippen LogP contribution >= 0.6 is 0 Å². The monoisotopic (exact) mass is 215 g/mol. The molecule has 2 aliphatic carbocycles. The third-order valence-electron chi connectivity index (χ3n) is 4.83. The van der Waals surface area contributed by atoms with Crippen LogP contribution in [0.15, 0.2) is 24.3 Å². The average molecular weight is 215 g/mol. The Kier molecular flexibility index (Phi) is 2.32. The lowest BCUT2D eigenvalue weighted by atomic mass is 9.69. The van der Waals surface area contributed by atoms with Gasteiger partial charge in [-0.15, -0.1) is 0 Å². The molecule has 86 valence electrons. The highest BCUT2D eigenvalue weighted by Gasteiger charge is 2.47. The molecule has 0 spiro atoms. The van der Waals surface area contributed by atoms with Gasteiger partial charge in [0.05, 0.1) is 0 Å². The molecule has 1 fully saturated rings. The Morgan fingerprint density at radius 3 is 2.94 bits per heavy atom. The number of hydrogen-bond acceptors (Lipinski definition) is 1. The van der Waals surface area contributed by atoms with E-state index in [1.807, 2.05) is 0 Å². The number of benzene rings is 1. The summed E-state index contributed by atoms with van der Waals surface area (Å²) in [6.07, 6.45) is 5.34. The fraction of sp³-hybridized carbons (Fsp3) is 0.600. The van der Waals surface area contributed by atoms with Gasteiger partial charge in [-0.05, 0) is 55.7 Å². The molecule has 0 aromatic heterocycles. The van der Waals surface area contributed by atoms with Crippen molar-refractivity contribution in [3.8, 4) is 0 Å². The molecule has 3 rings (SSSR count). The Bertz CT molecular complexity index is 398.